The van der Waals surface area contributed by atoms with Gasteiger partial charge in [0.2, 0.25) is 0 Å². The van der Waals surface area contributed by atoms with Crippen LogP contribution in [0.15, 0.2) is 42.7 Å². The third-order valence-corrected chi connectivity index (χ3v) is 4.65. The predicted octanol–water partition coefficient (Wildman–Crippen LogP) is 4.00. The van der Waals surface area contributed by atoms with Gasteiger partial charge in [0.25, 0.3) is 0 Å². The lowest BCUT2D eigenvalue weighted by molar-refractivity contribution is 0.402. The fourth-order valence-corrected chi connectivity index (χ4v) is 3.24. The SMILES string of the molecule is CC(C)CNc1cc(N2CCC(Cc3ccccc3)CC2)ncn1. The summed E-state index contributed by atoms with van der Waals surface area (Å²) < 4.78 is 0. The Bertz CT molecular complexity index is 619. The van der Waals surface area contributed by atoms with E-state index in [0.717, 1.165) is 37.2 Å². The minimum atomic E-state index is 0.608. The van der Waals surface area contributed by atoms with Gasteiger partial charge in [-0.05, 0) is 36.7 Å². The lowest BCUT2D eigenvalue weighted by Gasteiger charge is -2.33. The van der Waals surface area contributed by atoms with E-state index in [1.54, 1.807) is 6.33 Å². The Morgan fingerprint density at radius 1 is 1.12 bits per heavy atom. The normalized spacial score (nSPS) is 15.7. The van der Waals surface area contributed by atoms with Crippen LogP contribution in [-0.2, 0) is 6.42 Å². The van der Waals surface area contributed by atoms with Gasteiger partial charge in [-0.3, -0.25) is 0 Å². The summed E-state index contributed by atoms with van der Waals surface area (Å²) in [5, 5.41) is 3.39. The smallest absolute Gasteiger partial charge is 0.134 e. The molecule has 4 heteroatoms. The van der Waals surface area contributed by atoms with Gasteiger partial charge in [0.1, 0.15) is 18.0 Å². The van der Waals surface area contributed by atoms with Crippen molar-refractivity contribution in [2.45, 2.75) is 33.1 Å². The molecule has 24 heavy (non-hydrogen) atoms. The first-order valence-electron chi connectivity index (χ1n) is 9.05. The van der Waals surface area contributed by atoms with Gasteiger partial charge in [0.15, 0.2) is 0 Å². The topological polar surface area (TPSA) is 41.0 Å². The van der Waals surface area contributed by atoms with Crippen LogP contribution in [-0.4, -0.2) is 29.6 Å². The van der Waals surface area contributed by atoms with Gasteiger partial charge >= 0.3 is 0 Å². The fraction of sp³-hybridized carbons (Fsp3) is 0.500. The maximum Gasteiger partial charge on any atom is 0.134 e. The molecule has 0 atom stereocenters. The van der Waals surface area contributed by atoms with E-state index in [0.29, 0.717) is 5.92 Å². The van der Waals surface area contributed by atoms with Gasteiger partial charge in [0.05, 0.1) is 0 Å². The van der Waals surface area contributed by atoms with Crippen LogP contribution in [0.5, 0.6) is 0 Å². The minimum absolute atomic E-state index is 0.608. The first-order valence-corrected chi connectivity index (χ1v) is 9.05. The van der Waals surface area contributed by atoms with Crippen molar-refractivity contribution in [3.05, 3.63) is 48.3 Å². The number of hydrogen-bond donors (Lipinski definition) is 1. The highest BCUT2D eigenvalue weighted by molar-refractivity contribution is 5.48. The number of benzene rings is 1. The molecule has 0 spiro atoms. The Hall–Kier alpha value is -2.10. The van der Waals surface area contributed by atoms with Crippen LogP contribution in [0.25, 0.3) is 0 Å². The zero-order valence-electron chi connectivity index (χ0n) is 14.8. The molecule has 1 N–H and O–H groups in total. The monoisotopic (exact) mass is 324 g/mol. The molecule has 1 aliphatic rings. The Balaban J connectivity index is 1.53. The van der Waals surface area contributed by atoms with Crippen LogP contribution < -0.4 is 10.2 Å². The minimum Gasteiger partial charge on any atom is -0.370 e. The molecule has 1 fully saturated rings. The second kappa shape index (κ2) is 8.13. The molecule has 4 nitrogen and oxygen atoms in total. The zero-order valence-corrected chi connectivity index (χ0v) is 14.8. The molecular weight excluding hydrogens is 296 g/mol. The lowest BCUT2D eigenvalue weighted by Crippen LogP contribution is -2.35. The molecular formula is C20H28N4. The van der Waals surface area contributed by atoms with Gasteiger partial charge in [-0.25, -0.2) is 9.97 Å². The lowest BCUT2D eigenvalue weighted by atomic mass is 9.90. The van der Waals surface area contributed by atoms with E-state index in [9.17, 15) is 0 Å². The molecule has 0 saturated carbocycles. The van der Waals surface area contributed by atoms with Gasteiger partial charge in [-0.1, -0.05) is 44.2 Å². The second-order valence-electron chi connectivity index (χ2n) is 7.16. The van der Waals surface area contributed by atoms with Crippen molar-refractivity contribution in [3.63, 3.8) is 0 Å². The number of hydrogen-bond acceptors (Lipinski definition) is 4. The standard InChI is InChI=1S/C20H28N4/c1-16(2)14-21-19-13-20(23-15-22-19)24-10-8-18(9-11-24)12-17-6-4-3-5-7-17/h3-7,13,15-16,18H,8-12,14H2,1-2H3,(H,21,22,23). The molecule has 0 bridgehead atoms. The zero-order chi connectivity index (χ0) is 16.8. The summed E-state index contributed by atoms with van der Waals surface area (Å²) >= 11 is 0. The molecule has 0 amide bonds. The van der Waals surface area contributed by atoms with E-state index in [2.05, 4.69) is 70.4 Å². The number of aromatic nitrogens is 2. The van der Waals surface area contributed by atoms with Crippen molar-refractivity contribution in [1.29, 1.82) is 0 Å². The van der Waals surface area contributed by atoms with Crippen molar-refractivity contribution < 1.29 is 0 Å². The maximum absolute atomic E-state index is 4.47. The van der Waals surface area contributed by atoms with E-state index in [1.807, 2.05) is 0 Å². The van der Waals surface area contributed by atoms with E-state index in [1.165, 1.54) is 24.8 Å². The van der Waals surface area contributed by atoms with E-state index < -0.39 is 0 Å². The second-order valence-corrected chi connectivity index (χ2v) is 7.16. The van der Waals surface area contributed by atoms with Gasteiger partial charge in [-0.2, -0.15) is 0 Å². The summed E-state index contributed by atoms with van der Waals surface area (Å²) in [4.78, 5) is 11.2. The number of piperidine rings is 1. The highest BCUT2D eigenvalue weighted by atomic mass is 15.2. The Labute approximate surface area is 145 Å². The first-order chi connectivity index (χ1) is 11.7. The van der Waals surface area contributed by atoms with Crippen LogP contribution in [0, 0.1) is 11.8 Å². The Morgan fingerprint density at radius 3 is 2.58 bits per heavy atom. The van der Waals surface area contributed by atoms with Gasteiger partial charge in [-0.15, -0.1) is 0 Å². The quantitative estimate of drug-likeness (QED) is 0.872. The van der Waals surface area contributed by atoms with Gasteiger partial charge in [0, 0.05) is 25.7 Å². The van der Waals surface area contributed by atoms with Crippen molar-refractivity contribution in [2.24, 2.45) is 11.8 Å². The van der Waals surface area contributed by atoms with Crippen LogP contribution in [0.4, 0.5) is 11.6 Å². The van der Waals surface area contributed by atoms with E-state index in [4.69, 9.17) is 0 Å². The summed E-state index contributed by atoms with van der Waals surface area (Å²) in [6.07, 6.45) is 5.33. The molecule has 3 rings (SSSR count). The van der Waals surface area contributed by atoms with Crippen LogP contribution in [0.2, 0.25) is 0 Å². The average molecular weight is 324 g/mol. The first kappa shape index (κ1) is 16.7. The summed E-state index contributed by atoms with van der Waals surface area (Å²) in [6, 6.07) is 12.9. The summed E-state index contributed by atoms with van der Waals surface area (Å²) in [6.45, 7) is 7.51. The summed E-state index contributed by atoms with van der Waals surface area (Å²) in [5.41, 5.74) is 1.46. The number of anilines is 2. The Morgan fingerprint density at radius 2 is 1.88 bits per heavy atom. The molecule has 0 unspecified atom stereocenters. The predicted molar refractivity (Wildman–Crippen MR) is 100 cm³/mol. The molecule has 0 radical (unpaired) electrons. The molecule has 0 aliphatic carbocycles. The van der Waals surface area contributed by atoms with E-state index >= 15 is 0 Å². The number of nitrogens with one attached hydrogen (secondary N) is 1. The van der Waals surface area contributed by atoms with Crippen molar-refractivity contribution >= 4 is 11.6 Å². The van der Waals surface area contributed by atoms with Crippen LogP contribution >= 0.6 is 0 Å². The van der Waals surface area contributed by atoms with Crippen LogP contribution in [0.3, 0.4) is 0 Å². The maximum atomic E-state index is 4.47. The Kier molecular flexibility index (Phi) is 5.68. The highest BCUT2D eigenvalue weighted by Gasteiger charge is 2.20. The summed E-state index contributed by atoms with van der Waals surface area (Å²) in [7, 11) is 0. The largest absolute Gasteiger partial charge is 0.370 e. The van der Waals surface area contributed by atoms with Crippen molar-refractivity contribution in [2.75, 3.05) is 29.9 Å². The van der Waals surface area contributed by atoms with Crippen molar-refractivity contribution in [3.8, 4) is 0 Å². The fourth-order valence-electron chi connectivity index (χ4n) is 3.24. The highest BCUT2D eigenvalue weighted by Crippen LogP contribution is 2.25. The van der Waals surface area contributed by atoms with Crippen LogP contribution in [0.1, 0.15) is 32.3 Å². The van der Waals surface area contributed by atoms with E-state index in [-0.39, 0.29) is 0 Å². The molecule has 1 saturated heterocycles. The molecule has 1 aromatic carbocycles. The molecule has 1 aliphatic heterocycles. The molecule has 128 valence electrons. The summed E-state index contributed by atoms with van der Waals surface area (Å²) in [5.74, 6) is 3.37. The number of nitrogens with zero attached hydrogens (tertiary/aromatic N) is 3. The third kappa shape index (κ3) is 4.70. The van der Waals surface area contributed by atoms with Gasteiger partial charge < -0.3 is 10.2 Å². The molecule has 1 aromatic heterocycles. The average Bonchev–Trinajstić information content (AvgIpc) is 2.62. The molecule has 2 aromatic rings. The number of rotatable bonds is 6. The third-order valence-electron chi connectivity index (χ3n) is 4.65. The molecule has 2 heterocycles. The van der Waals surface area contributed by atoms with Crippen molar-refractivity contribution in [1.82, 2.24) is 9.97 Å².